The number of unbranched alkanes of at least 4 members (excludes halogenated alkanes) is 4. The minimum atomic E-state index is -0.0852. The van der Waals surface area contributed by atoms with Crippen molar-refractivity contribution in [1.29, 1.82) is 0 Å². The Balaban J connectivity index is 2.19. The Morgan fingerprint density at radius 2 is 1.93 bits per heavy atom. The van der Waals surface area contributed by atoms with Crippen molar-refractivity contribution in [1.82, 2.24) is 15.8 Å². The summed E-state index contributed by atoms with van der Waals surface area (Å²) < 4.78 is 10.2. The number of guanidine groups is 1. The highest BCUT2D eigenvalue weighted by atomic mass is 16.5. The molecule has 2 N–H and O–H groups in total. The van der Waals surface area contributed by atoms with Crippen LogP contribution in [0.25, 0.3) is 0 Å². The Morgan fingerprint density at radius 1 is 1.19 bits per heavy atom. The molecule has 0 unspecified atom stereocenters. The van der Waals surface area contributed by atoms with Crippen molar-refractivity contribution in [3.63, 3.8) is 0 Å². The molecule has 0 aliphatic heterocycles. The summed E-state index contributed by atoms with van der Waals surface area (Å²) in [6.07, 6.45) is 5.84. The van der Waals surface area contributed by atoms with E-state index in [9.17, 15) is 4.79 Å². The van der Waals surface area contributed by atoms with Crippen LogP contribution in [0.4, 0.5) is 0 Å². The highest BCUT2D eigenvalue weighted by molar-refractivity contribution is 5.79. The van der Waals surface area contributed by atoms with Crippen LogP contribution in [-0.2, 0) is 16.1 Å². The second-order valence-electron chi connectivity index (χ2n) is 6.82. The van der Waals surface area contributed by atoms with Gasteiger partial charge in [0, 0.05) is 25.6 Å². The molecule has 0 fully saturated rings. The van der Waals surface area contributed by atoms with Gasteiger partial charge in [0.2, 0.25) is 0 Å². The number of hydrogen-bond donors (Lipinski definition) is 2. The Labute approximate surface area is 163 Å². The van der Waals surface area contributed by atoms with Crippen molar-refractivity contribution in [3.05, 3.63) is 17.5 Å². The summed E-state index contributed by atoms with van der Waals surface area (Å²) in [6.45, 7) is 10.7. The molecule has 0 aliphatic rings. The first-order chi connectivity index (χ1) is 13.1. The molecule has 0 bridgehead atoms. The smallest absolute Gasteiger partial charge is 0.305 e. The number of ether oxygens (including phenoxy) is 1. The van der Waals surface area contributed by atoms with E-state index in [4.69, 9.17) is 9.26 Å². The molecule has 0 aromatic carbocycles. The van der Waals surface area contributed by atoms with Crippen LogP contribution in [0, 0.1) is 0 Å². The van der Waals surface area contributed by atoms with E-state index in [2.05, 4.69) is 34.6 Å². The fraction of sp³-hybridized carbons (Fsp3) is 0.750. The number of aromatic nitrogens is 1. The third-order valence-corrected chi connectivity index (χ3v) is 4.06. The minimum Gasteiger partial charge on any atom is -0.466 e. The Bertz CT molecular complexity index is 555. The Kier molecular flexibility index (Phi) is 12.0. The van der Waals surface area contributed by atoms with Gasteiger partial charge in [-0.2, -0.15) is 0 Å². The van der Waals surface area contributed by atoms with E-state index in [0.717, 1.165) is 62.6 Å². The van der Waals surface area contributed by atoms with Crippen molar-refractivity contribution >= 4 is 11.9 Å². The zero-order valence-corrected chi connectivity index (χ0v) is 17.3. The molecule has 1 aromatic heterocycles. The number of esters is 1. The fourth-order valence-corrected chi connectivity index (χ4v) is 2.54. The summed E-state index contributed by atoms with van der Waals surface area (Å²) in [5, 5.41) is 10.7. The third kappa shape index (κ3) is 10.6. The number of nitrogens with one attached hydrogen (secondary N) is 2. The first-order valence-electron chi connectivity index (χ1n) is 10.2. The second kappa shape index (κ2) is 14.1. The number of aliphatic imine (C=N–C) groups is 1. The van der Waals surface area contributed by atoms with Gasteiger partial charge in [-0.3, -0.25) is 4.79 Å². The molecule has 7 heteroatoms. The maximum atomic E-state index is 11.3. The summed E-state index contributed by atoms with van der Waals surface area (Å²) >= 11 is 0. The van der Waals surface area contributed by atoms with Gasteiger partial charge in [0.15, 0.2) is 11.7 Å². The van der Waals surface area contributed by atoms with E-state index in [0.29, 0.717) is 25.5 Å². The number of nitrogens with zero attached hydrogens (tertiary/aromatic N) is 2. The van der Waals surface area contributed by atoms with Crippen LogP contribution in [0.15, 0.2) is 15.6 Å². The zero-order chi connectivity index (χ0) is 19.9. The Morgan fingerprint density at radius 3 is 2.59 bits per heavy atom. The van der Waals surface area contributed by atoms with Crippen LogP contribution >= 0.6 is 0 Å². The molecule has 7 nitrogen and oxygen atoms in total. The summed E-state index contributed by atoms with van der Waals surface area (Å²) in [7, 11) is 0. The van der Waals surface area contributed by atoms with Crippen LogP contribution < -0.4 is 10.6 Å². The SMILES string of the molecule is CCNC(=NCc1cc(C(C)C)no1)NCCCCCCCC(=O)OCC. The molecule has 0 saturated heterocycles. The number of carbonyl (C=O) groups excluding carboxylic acids is 1. The van der Waals surface area contributed by atoms with Gasteiger partial charge in [-0.15, -0.1) is 0 Å². The second-order valence-corrected chi connectivity index (χ2v) is 6.82. The van der Waals surface area contributed by atoms with E-state index in [1.54, 1.807) is 0 Å². The van der Waals surface area contributed by atoms with Crippen molar-refractivity contribution in [3.8, 4) is 0 Å². The van der Waals surface area contributed by atoms with Crippen LogP contribution in [0.1, 0.15) is 83.6 Å². The van der Waals surface area contributed by atoms with Gasteiger partial charge in [-0.25, -0.2) is 4.99 Å². The summed E-state index contributed by atoms with van der Waals surface area (Å²) in [4.78, 5) is 15.8. The average molecular weight is 381 g/mol. The van der Waals surface area contributed by atoms with Crippen molar-refractivity contribution in [2.75, 3.05) is 19.7 Å². The van der Waals surface area contributed by atoms with Gasteiger partial charge in [0.1, 0.15) is 6.54 Å². The topological polar surface area (TPSA) is 88.8 Å². The van der Waals surface area contributed by atoms with E-state index >= 15 is 0 Å². The Hall–Kier alpha value is -2.05. The van der Waals surface area contributed by atoms with Gasteiger partial charge in [-0.05, 0) is 32.6 Å². The van der Waals surface area contributed by atoms with E-state index in [1.807, 2.05) is 19.9 Å². The van der Waals surface area contributed by atoms with Gasteiger partial charge < -0.3 is 19.9 Å². The lowest BCUT2D eigenvalue weighted by atomic mass is 10.1. The van der Waals surface area contributed by atoms with Crippen LogP contribution in [0.2, 0.25) is 0 Å². The van der Waals surface area contributed by atoms with Crippen LogP contribution in [0.5, 0.6) is 0 Å². The zero-order valence-electron chi connectivity index (χ0n) is 17.3. The minimum absolute atomic E-state index is 0.0852. The molecule has 1 rings (SSSR count). The van der Waals surface area contributed by atoms with Crippen molar-refractivity contribution in [2.24, 2.45) is 4.99 Å². The van der Waals surface area contributed by atoms with Crippen LogP contribution in [0.3, 0.4) is 0 Å². The predicted molar refractivity (Wildman–Crippen MR) is 108 cm³/mol. The lowest BCUT2D eigenvalue weighted by Gasteiger charge is -2.10. The average Bonchev–Trinajstić information content (AvgIpc) is 3.11. The monoisotopic (exact) mass is 380 g/mol. The molecule has 1 aromatic rings. The van der Waals surface area contributed by atoms with E-state index < -0.39 is 0 Å². The number of carbonyl (C=O) groups is 1. The standard InChI is InChI=1S/C20H36N4O3/c1-5-21-20(23-15-17-14-18(16(3)4)24-27-17)22-13-11-9-7-8-10-12-19(25)26-6-2/h14,16H,5-13,15H2,1-4H3,(H2,21,22,23). The summed E-state index contributed by atoms with van der Waals surface area (Å²) in [5.41, 5.74) is 0.959. The highest BCUT2D eigenvalue weighted by Gasteiger charge is 2.07. The molecular formula is C20H36N4O3. The quantitative estimate of drug-likeness (QED) is 0.234. The van der Waals surface area contributed by atoms with Gasteiger partial charge in [-0.1, -0.05) is 38.3 Å². The molecule has 0 radical (unpaired) electrons. The summed E-state index contributed by atoms with van der Waals surface area (Å²) in [5.74, 6) is 1.84. The first kappa shape index (κ1) is 23.0. The number of rotatable bonds is 13. The normalized spacial score (nSPS) is 11.7. The van der Waals surface area contributed by atoms with Crippen LogP contribution in [-0.4, -0.2) is 36.8 Å². The molecule has 0 saturated carbocycles. The van der Waals surface area contributed by atoms with E-state index in [-0.39, 0.29) is 5.97 Å². The lowest BCUT2D eigenvalue weighted by molar-refractivity contribution is -0.143. The predicted octanol–water partition coefficient (Wildman–Crippen LogP) is 3.76. The van der Waals surface area contributed by atoms with E-state index in [1.165, 1.54) is 0 Å². The molecule has 0 amide bonds. The van der Waals surface area contributed by atoms with Gasteiger partial charge in [0.25, 0.3) is 0 Å². The maximum Gasteiger partial charge on any atom is 0.305 e. The largest absolute Gasteiger partial charge is 0.466 e. The first-order valence-corrected chi connectivity index (χ1v) is 10.2. The van der Waals surface area contributed by atoms with Crippen molar-refractivity contribution in [2.45, 2.75) is 78.7 Å². The van der Waals surface area contributed by atoms with Gasteiger partial charge >= 0.3 is 5.97 Å². The van der Waals surface area contributed by atoms with Crippen molar-refractivity contribution < 1.29 is 14.1 Å². The molecule has 0 spiro atoms. The molecular weight excluding hydrogens is 344 g/mol. The van der Waals surface area contributed by atoms with Gasteiger partial charge in [0.05, 0.1) is 12.3 Å². The third-order valence-electron chi connectivity index (χ3n) is 4.06. The molecule has 1 heterocycles. The highest BCUT2D eigenvalue weighted by Crippen LogP contribution is 2.14. The lowest BCUT2D eigenvalue weighted by Crippen LogP contribution is -2.37. The molecule has 154 valence electrons. The fourth-order valence-electron chi connectivity index (χ4n) is 2.54. The molecule has 0 aliphatic carbocycles. The molecule has 27 heavy (non-hydrogen) atoms. The molecule has 0 atom stereocenters. The number of hydrogen-bond acceptors (Lipinski definition) is 5. The maximum absolute atomic E-state index is 11.3. The summed E-state index contributed by atoms with van der Waals surface area (Å²) in [6, 6.07) is 1.97.